The second-order valence-corrected chi connectivity index (χ2v) is 5.21. The first-order valence-electron chi connectivity index (χ1n) is 7.05. The van der Waals surface area contributed by atoms with Gasteiger partial charge in [-0.25, -0.2) is 4.79 Å². The van der Waals surface area contributed by atoms with E-state index in [1.807, 2.05) is 0 Å². The van der Waals surface area contributed by atoms with Crippen molar-refractivity contribution in [3.05, 3.63) is 0 Å². The SMILES string of the molecule is CCCOC[C@@H]1CCN(C(=O)CN2C(=O)CNC2=O)C1. The smallest absolute Gasteiger partial charge is 0.325 e. The highest BCUT2D eigenvalue weighted by Gasteiger charge is 2.33. The van der Waals surface area contributed by atoms with Gasteiger partial charge in [0.2, 0.25) is 5.91 Å². The number of ether oxygens (including phenoxy) is 1. The van der Waals surface area contributed by atoms with E-state index in [0.29, 0.717) is 25.6 Å². The van der Waals surface area contributed by atoms with E-state index in [1.54, 1.807) is 4.90 Å². The minimum atomic E-state index is -0.481. The van der Waals surface area contributed by atoms with Gasteiger partial charge in [0.15, 0.2) is 0 Å². The predicted molar refractivity (Wildman–Crippen MR) is 70.9 cm³/mol. The molecule has 0 saturated carbocycles. The van der Waals surface area contributed by atoms with Gasteiger partial charge in [0, 0.05) is 25.6 Å². The van der Waals surface area contributed by atoms with Crippen LogP contribution >= 0.6 is 0 Å². The van der Waals surface area contributed by atoms with E-state index in [0.717, 1.165) is 24.3 Å². The fraction of sp³-hybridized carbons (Fsp3) is 0.769. The monoisotopic (exact) mass is 283 g/mol. The molecule has 20 heavy (non-hydrogen) atoms. The molecule has 0 bridgehead atoms. The minimum absolute atomic E-state index is 0.0143. The predicted octanol–water partition coefficient (Wildman–Crippen LogP) is -0.187. The zero-order valence-electron chi connectivity index (χ0n) is 11.8. The highest BCUT2D eigenvalue weighted by molar-refractivity contribution is 6.04. The average Bonchev–Trinajstić information content (AvgIpc) is 3.01. The van der Waals surface area contributed by atoms with Crippen molar-refractivity contribution in [2.75, 3.05) is 39.4 Å². The number of likely N-dealkylation sites (tertiary alicyclic amines) is 1. The standard InChI is InChI=1S/C13H21N3O4/c1-2-5-20-9-10-3-4-15(7-10)12(18)8-16-11(17)6-14-13(16)19/h10H,2-9H2,1H3,(H,14,19)/t10-/m1/s1. The van der Waals surface area contributed by atoms with Crippen LogP contribution < -0.4 is 5.32 Å². The van der Waals surface area contributed by atoms with Crippen molar-refractivity contribution >= 4 is 17.8 Å². The third-order valence-corrected chi connectivity index (χ3v) is 3.57. The first kappa shape index (κ1) is 14.8. The number of nitrogens with zero attached hydrogens (tertiary/aromatic N) is 2. The lowest BCUT2D eigenvalue weighted by atomic mass is 10.1. The zero-order valence-corrected chi connectivity index (χ0v) is 11.8. The molecule has 4 amide bonds. The number of amides is 4. The first-order chi connectivity index (χ1) is 9.61. The molecule has 0 aliphatic carbocycles. The largest absolute Gasteiger partial charge is 0.381 e. The van der Waals surface area contributed by atoms with Crippen molar-refractivity contribution in [2.45, 2.75) is 19.8 Å². The van der Waals surface area contributed by atoms with Gasteiger partial charge in [0.25, 0.3) is 5.91 Å². The van der Waals surface area contributed by atoms with Crippen LogP contribution in [0.4, 0.5) is 4.79 Å². The van der Waals surface area contributed by atoms with E-state index in [-0.39, 0.29) is 24.9 Å². The molecule has 2 saturated heterocycles. The summed E-state index contributed by atoms with van der Waals surface area (Å²) in [5, 5.41) is 2.41. The number of carbonyl (C=O) groups is 3. The highest BCUT2D eigenvalue weighted by Crippen LogP contribution is 2.17. The van der Waals surface area contributed by atoms with Gasteiger partial charge in [-0.3, -0.25) is 14.5 Å². The number of nitrogens with one attached hydrogen (secondary N) is 1. The molecular weight excluding hydrogens is 262 g/mol. The summed E-state index contributed by atoms with van der Waals surface area (Å²) in [4.78, 5) is 37.6. The van der Waals surface area contributed by atoms with E-state index < -0.39 is 6.03 Å². The third kappa shape index (κ3) is 3.47. The summed E-state index contributed by atoms with van der Waals surface area (Å²) >= 11 is 0. The average molecular weight is 283 g/mol. The van der Waals surface area contributed by atoms with Gasteiger partial charge in [0.1, 0.15) is 6.54 Å². The molecule has 0 aromatic rings. The molecule has 2 aliphatic rings. The Hall–Kier alpha value is -1.63. The summed E-state index contributed by atoms with van der Waals surface area (Å²) in [6.07, 6.45) is 1.90. The fourth-order valence-corrected chi connectivity index (χ4v) is 2.44. The Kier molecular flexibility index (Phi) is 4.94. The van der Waals surface area contributed by atoms with Gasteiger partial charge >= 0.3 is 6.03 Å². The lowest BCUT2D eigenvalue weighted by molar-refractivity contribution is -0.135. The summed E-state index contributed by atoms with van der Waals surface area (Å²) < 4.78 is 5.50. The van der Waals surface area contributed by atoms with Crippen LogP contribution in [0.15, 0.2) is 0 Å². The topological polar surface area (TPSA) is 79.0 Å². The molecule has 0 aromatic heterocycles. The maximum Gasteiger partial charge on any atom is 0.325 e. The van der Waals surface area contributed by atoms with Crippen molar-refractivity contribution in [2.24, 2.45) is 5.92 Å². The summed E-state index contributed by atoms with van der Waals surface area (Å²) in [7, 11) is 0. The number of rotatable bonds is 6. The molecule has 7 heteroatoms. The van der Waals surface area contributed by atoms with Crippen LogP contribution in [0.2, 0.25) is 0 Å². The lowest BCUT2D eigenvalue weighted by Crippen LogP contribution is -2.42. The van der Waals surface area contributed by atoms with E-state index in [1.165, 1.54) is 0 Å². The molecule has 2 fully saturated rings. The molecule has 0 unspecified atom stereocenters. The van der Waals surface area contributed by atoms with Gasteiger partial charge in [-0.1, -0.05) is 6.92 Å². The summed E-state index contributed by atoms with van der Waals surface area (Å²) in [6.45, 7) is 4.61. The zero-order chi connectivity index (χ0) is 14.5. The van der Waals surface area contributed by atoms with Gasteiger partial charge in [-0.05, 0) is 12.8 Å². The van der Waals surface area contributed by atoms with Crippen molar-refractivity contribution in [1.82, 2.24) is 15.1 Å². The van der Waals surface area contributed by atoms with Gasteiger partial charge in [0.05, 0.1) is 13.2 Å². The Morgan fingerprint density at radius 3 is 2.90 bits per heavy atom. The molecule has 0 radical (unpaired) electrons. The van der Waals surface area contributed by atoms with E-state index >= 15 is 0 Å². The normalized spacial score (nSPS) is 22.6. The summed E-state index contributed by atoms with van der Waals surface area (Å²) in [6, 6.07) is -0.481. The number of urea groups is 1. The molecule has 0 spiro atoms. The van der Waals surface area contributed by atoms with Gasteiger partial charge in [-0.2, -0.15) is 0 Å². The van der Waals surface area contributed by atoms with Crippen LogP contribution in [-0.2, 0) is 14.3 Å². The molecule has 1 atom stereocenters. The van der Waals surface area contributed by atoms with Crippen LogP contribution in [0.3, 0.4) is 0 Å². The number of imide groups is 1. The van der Waals surface area contributed by atoms with Crippen molar-refractivity contribution in [3.8, 4) is 0 Å². The van der Waals surface area contributed by atoms with Crippen LogP contribution in [-0.4, -0.2) is 67.0 Å². The number of hydrogen-bond acceptors (Lipinski definition) is 4. The van der Waals surface area contributed by atoms with E-state index in [2.05, 4.69) is 12.2 Å². The molecule has 2 heterocycles. The Labute approximate surface area is 118 Å². The second-order valence-electron chi connectivity index (χ2n) is 5.21. The Morgan fingerprint density at radius 1 is 1.45 bits per heavy atom. The van der Waals surface area contributed by atoms with Crippen LogP contribution in [0.1, 0.15) is 19.8 Å². The first-order valence-corrected chi connectivity index (χ1v) is 7.05. The molecule has 2 aliphatic heterocycles. The maximum absolute atomic E-state index is 12.1. The molecule has 1 N–H and O–H groups in total. The highest BCUT2D eigenvalue weighted by atomic mass is 16.5. The maximum atomic E-state index is 12.1. The van der Waals surface area contributed by atoms with Gasteiger partial charge in [-0.15, -0.1) is 0 Å². The van der Waals surface area contributed by atoms with E-state index in [4.69, 9.17) is 4.74 Å². The van der Waals surface area contributed by atoms with Crippen LogP contribution in [0, 0.1) is 5.92 Å². The molecule has 112 valence electrons. The van der Waals surface area contributed by atoms with Crippen molar-refractivity contribution in [1.29, 1.82) is 0 Å². The van der Waals surface area contributed by atoms with E-state index in [9.17, 15) is 14.4 Å². The molecule has 7 nitrogen and oxygen atoms in total. The summed E-state index contributed by atoms with van der Waals surface area (Å²) in [5.41, 5.74) is 0. The lowest BCUT2D eigenvalue weighted by Gasteiger charge is -2.19. The molecule has 2 rings (SSSR count). The molecular formula is C13H21N3O4. The Bertz CT molecular complexity index is 383. The fourth-order valence-electron chi connectivity index (χ4n) is 2.44. The number of carbonyl (C=O) groups excluding carboxylic acids is 3. The van der Waals surface area contributed by atoms with Crippen molar-refractivity contribution < 1.29 is 19.1 Å². The van der Waals surface area contributed by atoms with Crippen LogP contribution in [0.25, 0.3) is 0 Å². The summed E-state index contributed by atoms with van der Waals surface area (Å²) in [5.74, 6) is -0.160. The van der Waals surface area contributed by atoms with Crippen molar-refractivity contribution in [3.63, 3.8) is 0 Å². The third-order valence-electron chi connectivity index (χ3n) is 3.57. The quantitative estimate of drug-likeness (QED) is 0.541. The minimum Gasteiger partial charge on any atom is -0.381 e. The second kappa shape index (κ2) is 6.69. The van der Waals surface area contributed by atoms with Crippen LogP contribution in [0.5, 0.6) is 0 Å². The Balaban J connectivity index is 1.76. The molecule has 0 aromatic carbocycles. The Morgan fingerprint density at radius 2 is 2.25 bits per heavy atom. The van der Waals surface area contributed by atoms with Gasteiger partial charge < -0.3 is 15.0 Å². The number of hydrogen-bond donors (Lipinski definition) is 1.